The number of aryl methyl sites for hydroxylation is 1. The van der Waals surface area contributed by atoms with Crippen molar-refractivity contribution in [1.82, 2.24) is 19.4 Å². The highest BCUT2D eigenvalue weighted by molar-refractivity contribution is 6.06. The number of unbranched alkanes of at least 4 members (excludes halogenated alkanes) is 9. The number of para-hydroxylation sites is 1. The monoisotopic (exact) mass is 569 g/mol. The largest absolute Gasteiger partial charge is 0.382 e. The summed E-state index contributed by atoms with van der Waals surface area (Å²) in [5, 5.41) is 1.12. The fourth-order valence-electron chi connectivity index (χ4n) is 6.02. The van der Waals surface area contributed by atoms with Crippen LogP contribution in [0, 0.1) is 0 Å². The van der Waals surface area contributed by atoms with Crippen LogP contribution >= 0.6 is 0 Å². The van der Waals surface area contributed by atoms with Crippen LogP contribution in [0.1, 0.15) is 122 Å². The summed E-state index contributed by atoms with van der Waals surface area (Å²) in [6.45, 7) is 14.5. The zero-order valence-corrected chi connectivity index (χ0v) is 27.1. The molecule has 4 rings (SSSR count). The summed E-state index contributed by atoms with van der Waals surface area (Å²) in [7, 11) is 0. The lowest BCUT2D eigenvalue weighted by Crippen LogP contribution is -2.41. The number of anilines is 1. The van der Waals surface area contributed by atoms with Crippen molar-refractivity contribution in [1.29, 1.82) is 0 Å². The Morgan fingerprint density at radius 1 is 0.738 bits per heavy atom. The second-order valence-electron chi connectivity index (χ2n) is 13.2. The van der Waals surface area contributed by atoms with Crippen molar-refractivity contribution >= 4 is 27.8 Å². The van der Waals surface area contributed by atoms with Crippen LogP contribution in [0.15, 0.2) is 48.5 Å². The minimum Gasteiger partial charge on any atom is -0.382 e. The number of aromatic nitrogens is 3. The van der Waals surface area contributed by atoms with E-state index in [1.807, 2.05) is 12.1 Å². The Bertz CT molecular complexity index is 1380. The lowest BCUT2D eigenvalue weighted by Gasteiger charge is -2.36. The molecule has 0 unspecified atom stereocenters. The van der Waals surface area contributed by atoms with Gasteiger partial charge in [-0.3, -0.25) is 4.90 Å². The van der Waals surface area contributed by atoms with Crippen LogP contribution in [0.25, 0.3) is 21.9 Å². The van der Waals surface area contributed by atoms with Gasteiger partial charge in [0.1, 0.15) is 11.3 Å². The molecule has 228 valence electrons. The van der Waals surface area contributed by atoms with Gasteiger partial charge in [0.25, 0.3) is 0 Å². The molecule has 2 aromatic heterocycles. The molecule has 0 spiro atoms. The average Bonchev–Trinajstić information content (AvgIpc) is 3.33. The standard InChI is InChI=1S/C37H55N5/c1-6-8-10-11-12-13-14-15-18-26-41(37(3,4)5)27-29-22-24-30(25-23-29)28-42-33(21-9-7-2)40-34-35(42)31-19-16-17-20-32(31)39-36(34)38/h16-17,19-20,22-25H,6-15,18,21,26-28H2,1-5H3,(H2,38,39). The number of nitrogen functional groups attached to an aromatic ring is 1. The van der Waals surface area contributed by atoms with Crippen molar-refractivity contribution in [3.63, 3.8) is 0 Å². The van der Waals surface area contributed by atoms with E-state index in [1.165, 1.54) is 68.9 Å². The van der Waals surface area contributed by atoms with Gasteiger partial charge in [0, 0.05) is 30.4 Å². The topological polar surface area (TPSA) is 60.0 Å². The summed E-state index contributed by atoms with van der Waals surface area (Å²) in [5.41, 5.74) is 12.1. The van der Waals surface area contributed by atoms with Crippen LogP contribution in [0.4, 0.5) is 5.82 Å². The van der Waals surface area contributed by atoms with Gasteiger partial charge in [-0.1, -0.05) is 114 Å². The maximum atomic E-state index is 6.42. The Kier molecular flexibility index (Phi) is 11.8. The van der Waals surface area contributed by atoms with E-state index in [9.17, 15) is 0 Å². The van der Waals surface area contributed by atoms with E-state index in [1.54, 1.807) is 0 Å². The van der Waals surface area contributed by atoms with Gasteiger partial charge in [-0.05, 0) is 57.4 Å². The van der Waals surface area contributed by atoms with E-state index < -0.39 is 0 Å². The zero-order valence-electron chi connectivity index (χ0n) is 27.1. The zero-order chi connectivity index (χ0) is 30.0. The Balaban J connectivity index is 1.43. The molecule has 0 fully saturated rings. The van der Waals surface area contributed by atoms with Crippen molar-refractivity contribution in [2.45, 2.75) is 130 Å². The van der Waals surface area contributed by atoms with Gasteiger partial charge in [0.05, 0.1) is 11.0 Å². The third-order valence-electron chi connectivity index (χ3n) is 8.66. The number of nitrogens with zero attached hydrogens (tertiary/aromatic N) is 4. The minimum atomic E-state index is 0.151. The number of rotatable bonds is 17. The molecular formula is C37H55N5. The molecule has 5 nitrogen and oxygen atoms in total. The normalized spacial score (nSPS) is 12.2. The van der Waals surface area contributed by atoms with Crippen molar-refractivity contribution in [3.05, 3.63) is 65.5 Å². The van der Waals surface area contributed by atoms with E-state index >= 15 is 0 Å². The van der Waals surface area contributed by atoms with Gasteiger partial charge in [0.2, 0.25) is 0 Å². The molecule has 0 bridgehead atoms. The maximum absolute atomic E-state index is 6.42. The maximum Gasteiger partial charge on any atom is 0.152 e. The van der Waals surface area contributed by atoms with Crippen LogP contribution in [-0.2, 0) is 19.5 Å². The molecular weight excluding hydrogens is 514 g/mol. The molecule has 2 aromatic carbocycles. The molecule has 5 heteroatoms. The highest BCUT2D eigenvalue weighted by atomic mass is 15.2. The van der Waals surface area contributed by atoms with Crippen LogP contribution in [-0.4, -0.2) is 31.5 Å². The van der Waals surface area contributed by atoms with Crippen LogP contribution in [0.2, 0.25) is 0 Å². The number of pyridine rings is 1. The number of nitrogens with two attached hydrogens (primary N) is 1. The Labute approximate surface area is 254 Å². The van der Waals surface area contributed by atoms with Gasteiger partial charge in [0.15, 0.2) is 5.82 Å². The molecule has 0 aliphatic carbocycles. The summed E-state index contributed by atoms with van der Waals surface area (Å²) >= 11 is 0. The summed E-state index contributed by atoms with van der Waals surface area (Å²) < 4.78 is 2.38. The highest BCUT2D eigenvalue weighted by Gasteiger charge is 2.21. The summed E-state index contributed by atoms with van der Waals surface area (Å²) in [6, 6.07) is 17.5. The summed E-state index contributed by atoms with van der Waals surface area (Å²) in [4.78, 5) is 12.3. The molecule has 2 N–H and O–H groups in total. The number of hydrogen-bond acceptors (Lipinski definition) is 4. The van der Waals surface area contributed by atoms with Crippen molar-refractivity contribution in [2.24, 2.45) is 0 Å². The molecule has 42 heavy (non-hydrogen) atoms. The molecule has 4 aromatic rings. The lowest BCUT2D eigenvalue weighted by atomic mass is 10.0. The van der Waals surface area contributed by atoms with Crippen molar-refractivity contribution < 1.29 is 0 Å². The van der Waals surface area contributed by atoms with Crippen LogP contribution in [0.5, 0.6) is 0 Å². The summed E-state index contributed by atoms with van der Waals surface area (Å²) in [5.74, 6) is 1.62. The first-order chi connectivity index (χ1) is 20.3. The second kappa shape index (κ2) is 15.5. The van der Waals surface area contributed by atoms with Crippen LogP contribution < -0.4 is 5.73 Å². The van der Waals surface area contributed by atoms with Gasteiger partial charge >= 0.3 is 0 Å². The van der Waals surface area contributed by atoms with E-state index in [2.05, 4.69) is 85.5 Å². The van der Waals surface area contributed by atoms with E-state index in [0.717, 1.165) is 66.7 Å². The number of hydrogen-bond donors (Lipinski definition) is 1. The average molecular weight is 570 g/mol. The lowest BCUT2D eigenvalue weighted by molar-refractivity contribution is 0.124. The molecule has 0 radical (unpaired) electrons. The third-order valence-corrected chi connectivity index (χ3v) is 8.66. The number of fused-ring (bicyclic) bond motifs is 3. The molecule has 0 aliphatic rings. The predicted molar refractivity (Wildman–Crippen MR) is 181 cm³/mol. The quantitative estimate of drug-likeness (QED) is 0.129. The summed E-state index contributed by atoms with van der Waals surface area (Å²) in [6.07, 6.45) is 15.5. The van der Waals surface area contributed by atoms with Gasteiger partial charge in [-0.15, -0.1) is 0 Å². The molecule has 0 amide bonds. The van der Waals surface area contributed by atoms with Gasteiger partial charge < -0.3 is 10.3 Å². The van der Waals surface area contributed by atoms with Gasteiger partial charge in [-0.2, -0.15) is 0 Å². The fourth-order valence-corrected chi connectivity index (χ4v) is 6.02. The fraction of sp³-hybridized carbons (Fsp3) is 0.568. The van der Waals surface area contributed by atoms with E-state index in [4.69, 9.17) is 10.7 Å². The SMILES string of the molecule is CCCCCCCCCCCN(Cc1ccc(Cn2c(CCCC)nc3c(N)nc4ccccc4c32)cc1)C(C)(C)C. The minimum absolute atomic E-state index is 0.151. The Hall–Kier alpha value is -2.92. The smallest absolute Gasteiger partial charge is 0.152 e. The highest BCUT2D eigenvalue weighted by Crippen LogP contribution is 2.30. The molecule has 0 atom stereocenters. The Morgan fingerprint density at radius 3 is 2.02 bits per heavy atom. The molecule has 2 heterocycles. The first-order valence-corrected chi connectivity index (χ1v) is 16.7. The predicted octanol–water partition coefficient (Wildman–Crippen LogP) is 9.69. The van der Waals surface area contributed by atoms with Crippen LogP contribution in [0.3, 0.4) is 0 Å². The van der Waals surface area contributed by atoms with Crippen molar-refractivity contribution in [2.75, 3.05) is 12.3 Å². The van der Waals surface area contributed by atoms with E-state index in [-0.39, 0.29) is 5.54 Å². The number of imidazole rings is 1. The molecule has 0 saturated heterocycles. The third kappa shape index (κ3) is 8.56. The molecule has 0 aliphatic heterocycles. The second-order valence-corrected chi connectivity index (χ2v) is 13.2. The number of benzene rings is 2. The van der Waals surface area contributed by atoms with Crippen molar-refractivity contribution in [3.8, 4) is 0 Å². The first kappa shape index (κ1) is 32.0. The first-order valence-electron chi connectivity index (χ1n) is 16.7. The van der Waals surface area contributed by atoms with E-state index in [0.29, 0.717) is 5.82 Å². The molecule has 0 saturated carbocycles. The Morgan fingerprint density at radius 2 is 1.36 bits per heavy atom. The van der Waals surface area contributed by atoms with Gasteiger partial charge in [-0.25, -0.2) is 9.97 Å².